The molecule has 0 aromatic heterocycles. The molecule has 8 unspecified atom stereocenters. The molecule has 2 heteroatoms. The standard InChI is InChI=1S/C30H50O2/c1-19(2)9-8-10-20(3)24-13-14-26-23-11-12-25-21(4)28(32-22(5)31)16-18-30(25,7)27(23)15-17-29(24,26)6/h19-21,24-25,27-28H,8-18H2,1-7H3. The van der Waals surface area contributed by atoms with Crippen LogP contribution in [0.4, 0.5) is 0 Å². The summed E-state index contributed by atoms with van der Waals surface area (Å²) in [6.07, 6.45) is 14.8. The summed E-state index contributed by atoms with van der Waals surface area (Å²) < 4.78 is 5.76. The van der Waals surface area contributed by atoms with E-state index in [0.29, 0.717) is 22.7 Å². The maximum absolute atomic E-state index is 11.6. The van der Waals surface area contributed by atoms with Crippen LogP contribution in [-0.2, 0) is 9.53 Å². The van der Waals surface area contributed by atoms with E-state index in [1.54, 1.807) is 6.92 Å². The van der Waals surface area contributed by atoms with Crippen molar-refractivity contribution < 1.29 is 9.53 Å². The average Bonchev–Trinajstić information content (AvgIpc) is 3.07. The third kappa shape index (κ3) is 4.11. The Balaban J connectivity index is 1.53. The first kappa shape index (κ1) is 24.3. The minimum Gasteiger partial charge on any atom is -0.462 e. The van der Waals surface area contributed by atoms with Crippen LogP contribution >= 0.6 is 0 Å². The molecule has 0 N–H and O–H groups in total. The summed E-state index contributed by atoms with van der Waals surface area (Å²) in [5, 5.41) is 0. The molecule has 0 saturated heterocycles. The molecule has 0 aliphatic heterocycles. The van der Waals surface area contributed by atoms with Crippen LogP contribution in [0.1, 0.15) is 119 Å². The highest BCUT2D eigenvalue weighted by Crippen LogP contribution is 2.66. The van der Waals surface area contributed by atoms with E-state index in [9.17, 15) is 4.79 Å². The Morgan fingerprint density at radius 2 is 1.78 bits per heavy atom. The summed E-state index contributed by atoms with van der Waals surface area (Å²) in [6.45, 7) is 16.5. The molecule has 0 aromatic carbocycles. The van der Waals surface area contributed by atoms with Crippen LogP contribution in [0.3, 0.4) is 0 Å². The van der Waals surface area contributed by atoms with Crippen molar-refractivity contribution in [1.82, 2.24) is 0 Å². The predicted molar refractivity (Wildman–Crippen MR) is 133 cm³/mol. The van der Waals surface area contributed by atoms with Gasteiger partial charge in [0.15, 0.2) is 0 Å². The van der Waals surface area contributed by atoms with E-state index in [4.69, 9.17) is 4.74 Å². The summed E-state index contributed by atoms with van der Waals surface area (Å²) in [5.41, 5.74) is 4.67. The summed E-state index contributed by atoms with van der Waals surface area (Å²) >= 11 is 0. The molecule has 182 valence electrons. The summed E-state index contributed by atoms with van der Waals surface area (Å²) in [4.78, 5) is 11.6. The maximum Gasteiger partial charge on any atom is 0.302 e. The summed E-state index contributed by atoms with van der Waals surface area (Å²) in [5.74, 6) is 4.46. The molecular weight excluding hydrogens is 392 g/mol. The fourth-order valence-electron chi connectivity index (χ4n) is 9.31. The van der Waals surface area contributed by atoms with Gasteiger partial charge in [0.25, 0.3) is 0 Å². The van der Waals surface area contributed by atoms with E-state index < -0.39 is 0 Å². The Bertz CT molecular complexity index is 735. The van der Waals surface area contributed by atoms with Crippen molar-refractivity contribution in [3.63, 3.8) is 0 Å². The van der Waals surface area contributed by atoms with E-state index in [-0.39, 0.29) is 12.1 Å². The zero-order valence-electron chi connectivity index (χ0n) is 22.1. The number of carbonyl (C=O) groups is 1. The number of ether oxygens (including phenoxy) is 1. The lowest BCUT2D eigenvalue weighted by atomic mass is 9.47. The fourth-order valence-corrected chi connectivity index (χ4v) is 9.31. The highest BCUT2D eigenvalue weighted by atomic mass is 16.5. The van der Waals surface area contributed by atoms with E-state index in [1.807, 2.05) is 11.1 Å². The van der Waals surface area contributed by atoms with E-state index in [2.05, 4.69) is 41.5 Å². The highest BCUT2D eigenvalue weighted by Gasteiger charge is 2.57. The van der Waals surface area contributed by atoms with Gasteiger partial charge < -0.3 is 4.74 Å². The van der Waals surface area contributed by atoms with Gasteiger partial charge in [0.05, 0.1) is 0 Å². The summed E-state index contributed by atoms with van der Waals surface area (Å²) in [6, 6.07) is 0. The van der Waals surface area contributed by atoms with Gasteiger partial charge >= 0.3 is 5.97 Å². The van der Waals surface area contributed by atoms with Crippen molar-refractivity contribution in [2.24, 2.45) is 46.3 Å². The minimum absolute atomic E-state index is 0.1000. The van der Waals surface area contributed by atoms with Gasteiger partial charge in [-0.15, -0.1) is 0 Å². The van der Waals surface area contributed by atoms with Gasteiger partial charge in [-0.05, 0) is 97.7 Å². The number of hydrogen-bond acceptors (Lipinski definition) is 2. The molecule has 8 atom stereocenters. The molecule has 4 rings (SSSR count). The molecule has 0 amide bonds. The second-order valence-electron chi connectivity index (χ2n) is 13.2. The molecular formula is C30H50O2. The largest absolute Gasteiger partial charge is 0.462 e. The zero-order chi connectivity index (χ0) is 23.3. The zero-order valence-corrected chi connectivity index (χ0v) is 22.1. The predicted octanol–water partition coefficient (Wildman–Crippen LogP) is 8.35. The van der Waals surface area contributed by atoms with Gasteiger partial charge in [-0.2, -0.15) is 0 Å². The third-order valence-corrected chi connectivity index (χ3v) is 11.0. The van der Waals surface area contributed by atoms with Crippen LogP contribution in [0.15, 0.2) is 11.1 Å². The van der Waals surface area contributed by atoms with Crippen molar-refractivity contribution >= 4 is 5.97 Å². The highest BCUT2D eigenvalue weighted by molar-refractivity contribution is 5.66. The second kappa shape index (κ2) is 9.10. The van der Waals surface area contributed by atoms with Gasteiger partial charge in [-0.1, -0.05) is 72.0 Å². The molecule has 0 aromatic rings. The smallest absolute Gasteiger partial charge is 0.302 e. The monoisotopic (exact) mass is 442 g/mol. The molecule has 3 saturated carbocycles. The van der Waals surface area contributed by atoms with E-state index in [0.717, 1.165) is 30.1 Å². The maximum atomic E-state index is 11.6. The van der Waals surface area contributed by atoms with Crippen LogP contribution in [0.2, 0.25) is 0 Å². The number of fused-ring (bicyclic) bond motifs is 4. The van der Waals surface area contributed by atoms with Crippen molar-refractivity contribution in [3.05, 3.63) is 11.1 Å². The Morgan fingerprint density at radius 3 is 2.47 bits per heavy atom. The summed E-state index contributed by atoms with van der Waals surface area (Å²) in [7, 11) is 0. The third-order valence-electron chi connectivity index (χ3n) is 11.0. The number of rotatable bonds is 6. The van der Waals surface area contributed by atoms with Crippen LogP contribution in [0.5, 0.6) is 0 Å². The molecule has 4 aliphatic rings. The quantitative estimate of drug-likeness (QED) is 0.305. The van der Waals surface area contributed by atoms with Gasteiger partial charge in [0, 0.05) is 6.92 Å². The molecule has 0 spiro atoms. The fraction of sp³-hybridized carbons (Fsp3) is 0.900. The average molecular weight is 443 g/mol. The normalized spacial score (nSPS) is 42.3. The van der Waals surface area contributed by atoms with E-state index >= 15 is 0 Å². The van der Waals surface area contributed by atoms with Crippen molar-refractivity contribution in [2.75, 3.05) is 0 Å². The van der Waals surface area contributed by atoms with Gasteiger partial charge in [0.1, 0.15) is 6.10 Å². The van der Waals surface area contributed by atoms with Gasteiger partial charge in [-0.25, -0.2) is 0 Å². The van der Waals surface area contributed by atoms with Gasteiger partial charge in [0.2, 0.25) is 0 Å². The topological polar surface area (TPSA) is 26.3 Å². The molecule has 2 nitrogen and oxygen atoms in total. The molecule has 32 heavy (non-hydrogen) atoms. The molecule has 0 heterocycles. The van der Waals surface area contributed by atoms with Crippen LogP contribution < -0.4 is 0 Å². The van der Waals surface area contributed by atoms with Crippen LogP contribution in [0, 0.1) is 46.3 Å². The number of hydrogen-bond donors (Lipinski definition) is 0. The molecule has 0 bridgehead atoms. The van der Waals surface area contributed by atoms with Crippen LogP contribution in [-0.4, -0.2) is 12.1 Å². The molecule has 0 radical (unpaired) electrons. The lowest BCUT2D eigenvalue weighted by Crippen LogP contribution is -2.52. The minimum atomic E-state index is -0.1000. The first-order valence-electron chi connectivity index (χ1n) is 14.0. The Kier molecular flexibility index (Phi) is 6.92. The van der Waals surface area contributed by atoms with Crippen LogP contribution in [0.25, 0.3) is 0 Å². The first-order valence-corrected chi connectivity index (χ1v) is 14.0. The van der Waals surface area contributed by atoms with Crippen molar-refractivity contribution in [2.45, 2.75) is 125 Å². The molecule has 4 aliphatic carbocycles. The number of esters is 1. The lowest BCUT2D eigenvalue weighted by Gasteiger charge is -2.58. The van der Waals surface area contributed by atoms with Gasteiger partial charge in [-0.3, -0.25) is 4.79 Å². The van der Waals surface area contributed by atoms with Crippen molar-refractivity contribution in [3.8, 4) is 0 Å². The second-order valence-corrected chi connectivity index (χ2v) is 13.2. The lowest BCUT2D eigenvalue weighted by molar-refractivity contribution is -0.159. The van der Waals surface area contributed by atoms with Crippen molar-refractivity contribution in [1.29, 1.82) is 0 Å². The first-order chi connectivity index (χ1) is 15.1. The number of allylic oxidation sites excluding steroid dienone is 2. The molecule has 3 fully saturated rings. The number of carbonyl (C=O) groups excluding carboxylic acids is 1. The Morgan fingerprint density at radius 1 is 1.03 bits per heavy atom. The Labute approximate surface area is 198 Å². The SMILES string of the molecule is CC(=O)OC1CCC2(C)C3CCC4(C)C(=C3CCC2C1C)CCC4C(C)CCCC(C)C. The van der Waals surface area contributed by atoms with E-state index in [1.165, 1.54) is 64.2 Å². The Hall–Kier alpha value is -0.790.